The molecule has 4 nitrogen and oxygen atoms in total. The van der Waals surface area contributed by atoms with Gasteiger partial charge in [-0.15, -0.1) is 0 Å². The van der Waals surface area contributed by atoms with Crippen LogP contribution >= 0.6 is 15.9 Å². The lowest BCUT2D eigenvalue weighted by Crippen LogP contribution is -2.50. The minimum atomic E-state index is -4.51. The zero-order valence-corrected chi connectivity index (χ0v) is 13.4. The van der Waals surface area contributed by atoms with Gasteiger partial charge in [0.05, 0.1) is 5.56 Å². The standard InChI is InChI=1S/C14H14BrF3N2O2/c1-9(21)19-2-4-20(5-3-19)13(22)10-6-11(14(16,17)18)8-12(15)7-10/h6-8H,2-5H2,1H3. The van der Waals surface area contributed by atoms with Gasteiger partial charge in [0.1, 0.15) is 0 Å². The summed E-state index contributed by atoms with van der Waals surface area (Å²) < 4.78 is 38.6. The predicted octanol–water partition coefficient (Wildman–Crippen LogP) is 2.77. The molecule has 1 heterocycles. The molecule has 0 N–H and O–H groups in total. The first-order chi connectivity index (χ1) is 10.2. The minimum Gasteiger partial charge on any atom is -0.339 e. The monoisotopic (exact) mass is 378 g/mol. The van der Waals surface area contributed by atoms with Gasteiger partial charge in [-0.05, 0) is 18.2 Å². The first kappa shape index (κ1) is 16.8. The second-order valence-corrected chi connectivity index (χ2v) is 5.94. The molecule has 1 aromatic carbocycles. The Hall–Kier alpha value is -1.57. The topological polar surface area (TPSA) is 40.6 Å². The Morgan fingerprint density at radius 3 is 2.09 bits per heavy atom. The highest BCUT2D eigenvalue weighted by molar-refractivity contribution is 9.10. The number of hydrogen-bond acceptors (Lipinski definition) is 2. The van der Waals surface area contributed by atoms with E-state index in [4.69, 9.17) is 0 Å². The Bertz CT molecular complexity index is 596. The maximum Gasteiger partial charge on any atom is 0.416 e. The van der Waals surface area contributed by atoms with Crippen molar-refractivity contribution in [3.8, 4) is 0 Å². The van der Waals surface area contributed by atoms with E-state index in [1.165, 1.54) is 17.9 Å². The summed E-state index contributed by atoms with van der Waals surface area (Å²) >= 11 is 3.00. The summed E-state index contributed by atoms with van der Waals surface area (Å²) in [5.41, 5.74) is -0.884. The van der Waals surface area contributed by atoms with Gasteiger partial charge in [0.15, 0.2) is 0 Å². The number of hydrogen-bond donors (Lipinski definition) is 0. The van der Waals surface area contributed by atoms with Crippen LogP contribution in [0.5, 0.6) is 0 Å². The van der Waals surface area contributed by atoms with E-state index in [9.17, 15) is 22.8 Å². The maximum absolute atomic E-state index is 12.8. The second-order valence-electron chi connectivity index (χ2n) is 5.02. The van der Waals surface area contributed by atoms with Crippen LogP contribution in [0.15, 0.2) is 22.7 Å². The van der Waals surface area contributed by atoms with Crippen molar-refractivity contribution in [3.05, 3.63) is 33.8 Å². The zero-order chi connectivity index (χ0) is 16.5. The van der Waals surface area contributed by atoms with E-state index < -0.39 is 17.6 Å². The summed E-state index contributed by atoms with van der Waals surface area (Å²) in [6.45, 7) is 2.85. The average molecular weight is 379 g/mol. The fraction of sp³-hybridized carbons (Fsp3) is 0.429. The van der Waals surface area contributed by atoms with Crippen molar-refractivity contribution < 1.29 is 22.8 Å². The van der Waals surface area contributed by atoms with Crippen molar-refractivity contribution in [1.82, 2.24) is 9.80 Å². The molecule has 1 aromatic rings. The van der Waals surface area contributed by atoms with Crippen LogP contribution in [0.25, 0.3) is 0 Å². The number of rotatable bonds is 1. The summed E-state index contributed by atoms with van der Waals surface area (Å²) in [6.07, 6.45) is -4.51. The predicted molar refractivity (Wildman–Crippen MR) is 77.3 cm³/mol. The number of nitrogens with zero attached hydrogens (tertiary/aromatic N) is 2. The number of carbonyl (C=O) groups is 2. The molecule has 0 aromatic heterocycles. The molecule has 0 aliphatic carbocycles. The normalized spacial score (nSPS) is 15.9. The van der Waals surface area contributed by atoms with Crippen molar-refractivity contribution in [2.75, 3.05) is 26.2 Å². The summed E-state index contributed by atoms with van der Waals surface area (Å²) in [5.74, 6) is -0.538. The van der Waals surface area contributed by atoms with Crippen molar-refractivity contribution in [1.29, 1.82) is 0 Å². The van der Waals surface area contributed by atoms with Gasteiger partial charge in [-0.2, -0.15) is 13.2 Å². The fourth-order valence-electron chi connectivity index (χ4n) is 2.28. The molecular formula is C14H14BrF3N2O2. The van der Waals surface area contributed by atoms with Crippen molar-refractivity contribution in [2.24, 2.45) is 0 Å². The van der Waals surface area contributed by atoms with Crippen LogP contribution in [-0.2, 0) is 11.0 Å². The molecule has 1 fully saturated rings. The van der Waals surface area contributed by atoms with E-state index in [2.05, 4.69) is 15.9 Å². The largest absolute Gasteiger partial charge is 0.416 e. The Labute approximate surface area is 134 Å². The van der Waals surface area contributed by atoms with Gasteiger partial charge in [-0.25, -0.2) is 0 Å². The highest BCUT2D eigenvalue weighted by atomic mass is 79.9. The molecule has 2 rings (SSSR count). The third-order valence-corrected chi connectivity index (χ3v) is 3.94. The molecule has 1 saturated heterocycles. The number of alkyl halides is 3. The molecule has 2 amide bonds. The van der Waals surface area contributed by atoms with Gasteiger partial charge in [0.25, 0.3) is 5.91 Å². The molecule has 0 saturated carbocycles. The Balaban J connectivity index is 2.17. The van der Waals surface area contributed by atoms with Gasteiger partial charge >= 0.3 is 6.18 Å². The molecule has 8 heteroatoms. The molecule has 0 atom stereocenters. The number of amides is 2. The van der Waals surface area contributed by atoms with Crippen LogP contribution in [0.4, 0.5) is 13.2 Å². The first-order valence-corrected chi connectivity index (χ1v) is 7.40. The van der Waals surface area contributed by atoms with Crippen LogP contribution in [0.3, 0.4) is 0 Å². The van der Waals surface area contributed by atoms with E-state index in [1.54, 1.807) is 4.90 Å². The summed E-state index contributed by atoms with van der Waals surface area (Å²) in [5, 5.41) is 0. The highest BCUT2D eigenvalue weighted by Gasteiger charge is 2.32. The van der Waals surface area contributed by atoms with E-state index in [0.29, 0.717) is 26.2 Å². The van der Waals surface area contributed by atoms with Gasteiger partial charge < -0.3 is 9.80 Å². The highest BCUT2D eigenvalue weighted by Crippen LogP contribution is 2.32. The van der Waals surface area contributed by atoms with Gasteiger partial charge in [-0.3, -0.25) is 9.59 Å². The smallest absolute Gasteiger partial charge is 0.339 e. The molecular weight excluding hydrogens is 365 g/mol. The molecule has 22 heavy (non-hydrogen) atoms. The molecule has 1 aliphatic rings. The van der Waals surface area contributed by atoms with Crippen LogP contribution in [0.1, 0.15) is 22.8 Å². The lowest BCUT2D eigenvalue weighted by molar-refractivity contribution is -0.137. The van der Waals surface area contributed by atoms with E-state index in [0.717, 1.165) is 12.1 Å². The molecule has 120 valence electrons. The third-order valence-electron chi connectivity index (χ3n) is 3.48. The summed E-state index contributed by atoms with van der Waals surface area (Å²) in [6, 6.07) is 3.16. The third kappa shape index (κ3) is 3.79. The van der Waals surface area contributed by atoms with Crippen LogP contribution < -0.4 is 0 Å². The fourth-order valence-corrected chi connectivity index (χ4v) is 2.78. The number of piperazine rings is 1. The van der Waals surface area contributed by atoms with Crippen LogP contribution in [-0.4, -0.2) is 47.8 Å². The van der Waals surface area contributed by atoms with Crippen molar-refractivity contribution in [2.45, 2.75) is 13.1 Å². The molecule has 0 radical (unpaired) electrons. The SMILES string of the molecule is CC(=O)N1CCN(C(=O)c2cc(Br)cc(C(F)(F)F)c2)CC1. The lowest BCUT2D eigenvalue weighted by atomic mass is 10.1. The summed E-state index contributed by atoms with van der Waals surface area (Å²) in [4.78, 5) is 26.6. The quantitative estimate of drug-likeness (QED) is 0.753. The van der Waals surface area contributed by atoms with E-state index in [-0.39, 0.29) is 15.9 Å². The summed E-state index contributed by atoms with van der Waals surface area (Å²) in [7, 11) is 0. The van der Waals surface area contributed by atoms with Crippen molar-refractivity contribution >= 4 is 27.7 Å². The number of carbonyl (C=O) groups excluding carboxylic acids is 2. The van der Waals surface area contributed by atoms with Gasteiger partial charge in [0, 0.05) is 43.1 Å². The molecule has 0 bridgehead atoms. The Morgan fingerprint density at radius 1 is 1.05 bits per heavy atom. The average Bonchev–Trinajstić information content (AvgIpc) is 2.45. The maximum atomic E-state index is 12.8. The molecule has 0 unspecified atom stereocenters. The van der Waals surface area contributed by atoms with E-state index >= 15 is 0 Å². The minimum absolute atomic E-state index is 0.0158. The van der Waals surface area contributed by atoms with Crippen LogP contribution in [0, 0.1) is 0 Å². The zero-order valence-electron chi connectivity index (χ0n) is 11.8. The number of halogens is 4. The lowest BCUT2D eigenvalue weighted by Gasteiger charge is -2.34. The van der Waals surface area contributed by atoms with Crippen LogP contribution in [0.2, 0.25) is 0 Å². The van der Waals surface area contributed by atoms with Crippen molar-refractivity contribution in [3.63, 3.8) is 0 Å². The Morgan fingerprint density at radius 2 is 1.59 bits per heavy atom. The van der Waals surface area contributed by atoms with Gasteiger partial charge in [-0.1, -0.05) is 15.9 Å². The Kier molecular flexibility index (Phi) is 4.79. The van der Waals surface area contributed by atoms with E-state index in [1.807, 2.05) is 0 Å². The second kappa shape index (κ2) is 6.28. The number of benzene rings is 1. The molecule has 1 aliphatic heterocycles. The van der Waals surface area contributed by atoms with Gasteiger partial charge in [0.2, 0.25) is 5.91 Å². The molecule has 0 spiro atoms. The first-order valence-electron chi connectivity index (χ1n) is 6.61.